The molecule has 5 rings (SSSR count). The summed E-state index contributed by atoms with van der Waals surface area (Å²) in [4.78, 5) is 22.9. The smallest absolute Gasteiger partial charge is 0.303 e. The summed E-state index contributed by atoms with van der Waals surface area (Å²) in [7, 11) is 0. The van der Waals surface area contributed by atoms with Crippen LogP contribution < -0.4 is 0 Å². The Morgan fingerprint density at radius 2 is 1.85 bits per heavy atom. The zero-order chi connectivity index (χ0) is 27.9. The fourth-order valence-corrected chi connectivity index (χ4v) is 9.03. The summed E-state index contributed by atoms with van der Waals surface area (Å²) in [6.07, 6.45) is 13.2. The summed E-state index contributed by atoms with van der Waals surface area (Å²) in [5.41, 5.74) is 2.86. The number of nitrogens with zero attached hydrogens (tertiary/aromatic N) is 1. The highest BCUT2D eigenvalue weighted by atomic mass is 16.7. The van der Waals surface area contributed by atoms with Crippen LogP contribution in [0.2, 0.25) is 0 Å². The van der Waals surface area contributed by atoms with E-state index in [9.17, 15) is 14.8 Å². The molecule has 0 aromatic carbocycles. The summed E-state index contributed by atoms with van der Waals surface area (Å²) < 4.78 is 23.0. The molecule has 3 saturated carbocycles. The van der Waals surface area contributed by atoms with Gasteiger partial charge in [-0.1, -0.05) is 30.7 Å². The van der Waals surface area contributed by atoms with E-state index in [0.717, 1.165) is 37.8 Å². The molecule has 10 atom stereocenters. The third-order valence-corrected chi connectivity index (χ3v) is 10.9. The van der Waals surface area contributed by atoms with Crippen molar-refractivity contribution in [2.75, 3.05) is 6.61 Å². The highest BCUT2D eigenvalue weighted by Gasteiger charge is 2.59. The van der Waals surface area contributed by atoms with Crippen molar-refractivity contribution in [3.8, 4) is 0 Å². The van der Waals surface area contributed by atoms with Gasteiger partial charge in [-0.05, 0) is 99.0 Å². The zero-order valence-corrected chi connectivity index (χ0v) is 24.1. The maximum Gasteiger partial charge on any atom is 0.303 e. The Bertz CT molecular complexity index is 1050. The number of oxime groups is 1. The van der Waals surface area contributed by atoms with Crippen molar-refractivity contribution in [1.29, 1.82) is 0 Å². The number of carbonyl (C=O) groups is 2. The largest absolute Gasteiger partial charge is 0.463 e. The maximum absolute atomic E-state index is 11.5. The molecule has 0 bridgehead atoms. The van der Waals surface area contributed by atoms with E-state index in [4.69, 9.17) is 18.9 Å². The molecule has 0 spiro atoms. The van der Waals surface area contributed by atoms with Crippen LogP contribution in [0.3, 0.4) is 0 Å². The Hall–Kier alpha value is -2.19. The zero-order valence-electron chi connectivity index (χ0n) is 24.1. The minimum Gasteiger partial charge on any atom is -0.463 e. The summed E-state index contributed by atoms with van der Waals surface area (Å²) in [6, 6.07) is 0. The van der Waals surface area contributed by atoms with Crippen molar-refractivity contribution in [3.63, 3.8) is 0 Å². The molecule has 4 aliphatic carbocycles. The van der Waals surface area contributed by atoms with Gasteiger partial charge in [0.15, 0.2) is 6.29 Å². The van der Waals surface area contributed by atoms with Gasteiger partial charge in [-0.25, -0.2) is 0 Å². The Balaban J connectivity index is 1.25. The van der Waals surface area contributed by atoms with Crippen molar-refractivity contribution in [3.05, 3.63) is 23.8 Å². The van der Waals surface area contributed by atoms with E-state index in [1.807, 2.05) is 6.92 Å². The van der Waals surface area contributed by atoms with Gasteiger partial charge >= 0.3 is 11.9 Å². The van der Waals surface area contributed by atoms with Crippen LogP contribution in [0, 0.1) is 34.5 Å². The van der Waals surface area contributed by atoms with E-state index in [2.05, 4.69) is 25.1 Å². The Labute approximate surface area is 232 Å². The van der Waals surface area contributed by atoms with Crippen molar-refractivity contribution in [1.82, 2.24) is 0 Å². The molecule has 39 heavy (non-hydrogen) atoms. The van der Waals surface area contributed by atoms with E-state index >= 15 is 0 Å². The predicted octanol–water partition coefficient (Wildman–Crippen LogP) is 5.58. The van der Waals surface area contributed by atoms with Gasteiger partial charge in [-0.15, -0.1) is 0 Å². The molecule has 4 unspecified atom stereocenters. The van der Waals surface area contributed by atoms with Crippen LogP contribution >= 0.6 is 0 Å². The molecule has 0 aromatic heterocycles. The number of hydrogen-bond donors (Lipinski definition) is 1. The lowest BCUT2D eigenvalue weighted by Crippen LogP contribution is -2.51. The molecule has 0 saturated heterocycles. The minimum absolute atomic E-state index is 0.000927. The van der Waals surface area contributed by atoms with Gasteiger partial charge in [0.25, 0.3) is 0 Å². The SMILES string of the molecule is CC(=O)OC[C@H]1OC(O[C@H]2CC[C@@]3(C)C(=CCC4C3CC[C@@]3(C)C4CC[C@@H]3/C(C)=N/O)C2)C=C[C@@H]1OC(C)=O. The first-order valence-corrected chi connectivity index (χ1v) is 14.7. The van der Waals surface area contributed by atoms with E-state index in [-0.39, 0.29) is 23.5 Å². The van der Waals surface area contributed by atoms with Crippen LogP contribution in [-0.2, 0) is 28.5 Å². The Morgan fingerprint density at radius 3 is 2.56 bits per heavy atom. The molecule has 216 valence electrons. The Kier molecular flexibility index (Phi) is 7.99. The van der Waals surface area contributed by atoms with E-state index in [1.165, 1.54) is 38.7 Å². The molecule has 5 aliphatic rings. The van der Waals surface area contributed by atoms with Crippen molar-refractivity contribution < 1.29 is 33.7 Å². The molecule has 0 aromatic rings. The molecule has 8 heteroatoms. The normalized spacial score (nSPS) is 43.5. The summed E-state index contributed by atoms with van der Waals surface area (Å²) in [6.45, 7) is 9.62. The standard InChI is InChI=1S/C31H45NO7/c1-18(32-35)24-8-9-25-23-7-6-21-16-22(12-14-30(21,4)26(23)13-15-31(24,25)5)38-29-11-10-27(37-20(3)34)28(39-29)17-36-19(2)33/h6,10-11,22-29,35H,7-9,12-17H2,1-5H3/b32-18+/t22-,23?,24+,25?,26?,27-,28+,29?,30-,31+/m0/s1. The third-order valence-electron chi connectivity index (χ3n) is 10.9. The predicted molar refractivity (Wildman–Crippen MR) is 145 cm³/mol. The monoisotopic (exact) mass is 543 g/mol. The molecule has 1 aliphatic heterocycles. The van der Waals surface area contributed by atoms with Crippen molar-refractivity contribution in [2.45, 2.75) is 111 Å². The molecule has 8 nitrogen and oxygen atoms in total. The summed E-state index contributed by atoms with van der Waals surface area (Å²) in [5.74, 6) is 1.63. The van der Waals surface area contributed by atoms with Crippen LogP contribution in [-0.4, -0.2) is 54.1 Å². The fraction of sp³-hybridized carbons (Fsp3) is 0.774. The molecule has 3 fully saturated rings. The third kappa shape index (κ3) is 5.31. The van der Waals surface area contributed by atoms with Gasteiger partial charge in [-0.3, -0.25) is 9.59 Å². The highest BCUT2D eigenvalue weighted by molar-refractivity contribution is 5.85. The van der Waals surface area contributed by atoms with Gasteiger partial charge in [0.1, 0.15) is 18.8 Å². The second-order valence-corrected chi connectivity index (χ2v) is 13.0. The van der Waals surface area contributed by atoms with Gasteiger partial charge in [0.05, 0.1) is 11.8 Å². The molecular formula is C31H45NO7. The van der Waals surface area contributed by atoms with Gasteiger partial charge < -0.3 is 24.2 Å². The lowest BCUT2D eigenvalue weighted by Gasteiger charge is -2.58. The highest BCUT2D eigenvalue weighted by Crippen LogP contribution is 2.66. The Morgan fingerprint density at radius 1 is 1.05 bits per heavy atom. The van der Waals surface area contributed by atoms with Crippen LogP contribution in [0.15, 0.2) is 29.0 Å². The topological polar surface area (TPSA) is 104 Å². The summed E-state index contributed by atoms with van der Waals surface area (Å²) in [5, 5.41) is 13.1. The van der Waals surface area contributed by atoms with Crippen molar-refractivity contribution >= 4 is 17.7 Å². The molecular weight excluding hydrogens is 498 g/mol. The van der Waals surface area contributed by atoms with Gasteiger partial charge in [0, 0.05) is 19.8 Å². The van der Waals surface area contributed by atoms with Crippen LogP contribution in [0.5, 0.6) is 0 Å². The van der Waals surface area contributed by atoms with Gasteiger partial charge in [0.2, 0.25) is 0 Å². The number of ether oxygens (including phenoxy) is 4. The lowest BCUT2D eigenvalue weighted by atomic mass is 9.47. The first-order chi connectivity index (χ1) is 18.5. The van der Waals surface area contributed by atoms with Crippen LogP contribution in [0.25, 0.3) is 0 Å². The van der Waals surface area contributed by atoms with Crippen LogP contribution in [0.4, 0.5) is 0 Å². The van der Waals surface area contributed by atoms with E-state index in [1.54, 1.807) is 12.2 Å². The number of esters is 2. The van der Waals surface area contributed by atoms with E-state index < -0.39 is 30.4 Å². The first-order valence-electron chi connectivity index (χ1n) is 14.7. The second kappa shape index (κ2) is 11.0. The first kappa shape index (κ1) is 28.3. The van der Waals surface area contributed by atoms with E-state index in [0.29, 0.717) is 23.7 Å². The van der Waals surface area contributed by atoms with Crippen molar-refractivity contribution in [2.24, 2.45) is 39.7 Å². The maximum atomic E-state index is 11.5. The molecule has 1 heterocycles. The van der Waals surface area contributed by atoms with Crippen LogP contribution in [0.1, 0.15) is 86.0 Å². The number of carbonyl (C=O) groups excluding carboxylic acids is 2. The quantitative estimate of drug-likeness (QED) is 0.153. The molecule has 0 radical (unpaired) electrons. The minimum atomic E-state index is -0.617. The fourth-order valence-electron chi connectivity index (χ4n) is 9.03. The molecule has 0 amide bonds. The average molecular weight is 544 g/mol. The lowest BCUT2D eigenvalue weighted by molar-refractivity contribution is -0.213. The number of hydrogen-bond acceptors (Lipinski definition) is 8. The van der Waals surface area contributed by atoms with Gasteiger partial charge in [-0.2, -0.15) is 0 Å². The number of rotatable bonds is 6. The average Bonchev–Trinajstić information content (AvgIpc) is 3.25. The second-order valence-electron chi connectivity index (χ2n) is 13.0. The number of fused-ring (bicyclic) bond motifs is 5. The number of allylic oxidation sites excluding steroid dienone is 1. The molecule has 1 N–H and O–H groups in total. The summed E-state index contributed by atoms with van der Waals surface area (Å²) >= 11 is 0.